The molecule has 0 aliphatic carbocycles. The highest BCUT2D eigenvalue weighted by molar-refractivity contribution is 5.78. The number of ether oxygens (including phenoxy) is 1. The summed E-state index contributed by atoms with van der Waals surface area (Å²) in [6.07, 6.45) is 0. The molecule has 4 nitrogen and oxygen atoms in total. The third kappa shape index (κ3) is 6.36. The quantitative estimate of drug-likeness (QED) is 0.776. The zero-order chi connectivity index (χ0) is 14.1. The van der Waals surface area contributed by atoms with E-state index in [2.05, 4.69) is 5.32 Å². The average molecular weight is 264 g/mol. The third-order valence-corrected chi connectivity index (χ3v) is 2.80. The fraction of sp³-hybridized carbons (Fsp3) is 0.533. The fourth-order valence-electron chi connectivity index (χ4n) is 1.70. The van der Waals surface area contributed by atoms with Gasteiger partial charge in [0.1, 0.15) is 0 Å². The van der Waals surface area contributed by atoms with Crippen LogP contribution < -0.4 is 5.32 Å². The Balaban J connectivity index is 2.57. The minimum absolute atomic E-state index is 0.106. The number of nitrogens with one attached hydrogen (secondary N) is 1. The summed E-state index contributed by atoms with van der Waals surface area (Å²) in [6.45, 7) is 6.23. The Bertz CT molecular complexity index is 366. The number of hydrogen-bond acceptors (Lipinski definition) is 3. The maximum atomic E-state index is 12.2. The second-order valence-electron chi connectivity index (χ2n) is 4.83. The molecule has 1 amide bonds. The Morgan fingerprint density at radius 2 is 2.00 bits per heavy atom. The topological polar surface area (TPSA) is 41.6 Å². The molecular weight excluding hydrogens is 240 g/mol. The molecule has 0 aliphatic rings. The van der Waals surface area contributed by atoms with Gasteiger partial charge < -0.3 is 15.0 Å². The van der Waals surface area contributed by atoms with Gasteiger partial charge in [-0.2, -0.15) is 0 Å². The summed E-state index contributed by atoms with van der Waals surface area (Å²) in [5.41, 5.74) is 1.14. The molecule has 0 spiro atoms. The zero-order valence-electron chi connectivity index (χ0n) is 12.1. The van der Waals surface area contributed by atoms with E-state index in [-0.39, 0.29) is 5.91 Å². The van der Waals surface area contributed by atoms with E-state index in [1.807, 2.05) is 49.1 Å². The van der Waals surface area contributed by atoms with Crippen LogP contribution in [0.4, 0.5) is 0 Å². The van der Waals surface area contributed by atoms with E-state index >= 15 is 0 Å². The Morgan fingerprint density at radius 3 is 2.58 bits per heavy atom. The van der Waals surface area contributed by atoms with Crippen LogP contribution in [0.1, 0.15) is 19.4 Å². The average Bonchev–Trinajstić information content (AvgIpc) is 2.41. The molecule has 1 rings (SSSR count). The van der Waals surface area contributed by atoms with Gasteiger partial charge in [0, 0.05) is 26.2 Å². The first-order chi connectivity index (χ1) is 9.13. The lowest BCUT2D eigenvalue weighted by Crippen LogP contribution is -2.41. The van der Waals surface area contributed by atoms with Gasteiger partial charge in [0.15, 0.2) is 0 Å². The standard InChI is InChI=1S/C15H24N2O2/c1-13(2)16-11-15(18)17(9-10-19-3)12-14-7-5-4-6-8-14/h4-8,13,16H,9-12H2,1-3H3. The van der Waals surface area contributed by atoms with Crippen molar-refractivity contribution < 1.29 is 9.53 Å². The monoisotopic (exact) mass is 264 g/mol. The van der Waals surface area contributed by atoms with Gasteiger partial charge in [0.25, 0.3) is 0 Å². The number of benzene rings is 1. The SMILES string of the molecule is COCCN(Cc1ccccc1)C(=O)CNC(C)C. The van der Waals surface area contributed by atoms with Crippen LogP contribution in [0.15, 0.2) is 30.3 Å². The van der Waals surface area contributed by atoms with Crippen LogP contribution in [0.2, 0.25) is 0 Å². The summed E-state index contributed by atoms with van der Waals surface area (Å²) in [6, 6.07) is 10.3. The van der Waals surface area contributed by atoms with Gasteiger partial charge in [-0.25, -0.2) is 0 Å². The van der Waals surface area contributed by atoms with Gasteiger partial charge in [0.2, 0.25) is 5.91 Å². The smallest absolute Gasteiger partial charge is 0.236 e. The Kier molecular flexibility index (Phi) is 7.15. The summed E-state index contributed by atoms with van der Waals surface area (Å²) in [4.78, 5) is 14.0. The predicted octanol–water partition coefficient (Wildman–Crippen LogP) is 1.66. The highest BCUT2D eigenvalue weighted by Crippen LogP contribution is 2.04. The van der Waals surface area contributed by atoms with Crippen LogP contribution in [0.25, 0.3) is 0 Å². The number of rotatable bonds is 8. The molecule has 19 heavy (non-hydrogen) atoms. The first-order valence-corrected chi connectivity index (χ1v) is 6.67. The predicted molar refractivity (Wildman–Crippen MR) is 76.9 cm³/mol. The molecule has 4 heteroatoms. The minimum Gasteiger partial charge on any atom is -0.383 e. The molecule has 0 saturated heterocycles. The molecule has 106 valence electrons. The first kappa shape index (κ1) is 15.7. The number of methoxy groups -OCH3 is 1. The van der Waals surface area contributed by atoms with Crippen LogP contribution in [0.5, 0.6) is 0 Å². The van der Waals surface area contributed by atoms with E-state index in [0.29, 0.717) is 32.3 Å². The maximum absolute atomic E-state index is 12.2. The number of carbonyl (C=O) groups is 1. The largest absolute Gasteiger partial charge is 0.383 e. The van der Waals surface area contributed by atoms with Crippen molar-refractivity contribution in [3.63, 3.8) is 0 Å². The van der Waals surface area contributed by atoms with Crippen LogP contribution in [-0.2, 0) is 16.1 Å². The van der Waals surface area contributed by atoms with E-state index in [1.54, 1.807) is 7.11 Å². The van der Waals surface area contributed by atoms with Gasteiger partial charge in [-0.15, -0.1) is 0 Å². The molecular formula is C15H24N2O2. The highest BCUT2D eigenvalue weighted by Gasteiger charge is 2.13. The van der Waals surface area contributed by atoms with Gasteiger partial charge in [-0.05, 0) is 5.56 Å². The molecule has 0 aromatic heterocycles. The maximum Gasteiger partial charge on any atom is 0.236 e. The van der Waals surface area contributed by atoms with E-state index in [1.165, 1.54) is 0 Å². The van der Waals surface area contributed by atoms with Crippen molar-refractivity contribution in [2.24, 2.45) is 0 Å². The minimum atomic E-state index is 0.106. The molecule has 1 aromatic rings. The van der Waals surface area contributed by atoms with Crippen LogP contribution >= 0.6 is 0 Å². The van der Waals surface area contributed by atoms with Crippen molar-refractivity contribution in [3.8, 4) is 0 Å². The third-order valence-electron chi connectivity index (χ3n) is 2.80. The molecule has 1 N–H and O–H groups in total. The first-order valence-electron chi connectivity index (χ1n) is 6.67. The molecule has 0 fully saturated rings. The lowest BCUT2D eigenvalue weighted by molar-refractivity contribution is -0.131. The Labute approximate surface area is 115 Å². The molecule has 1 aromatic carbocycles. The molecule has 0 unspecified atom stereocenters. The molecule has 0 heterocycles. The van der Waals surface area contributed by atoms with Crippen molar-refractivity contribution in [1.82, 2.24) is 10.2 Å². The van der Waals surface area contributed by atoms with Crippen molar-refractivity contribution in [3.05, 3.63) is 35.9 Å². The summed E-state index contributed by atoms with van der Waals surface area (Å²) in [7, 11) is 1.65. The van der Waals surface area contributed by atoms with Crippen molar-refractivity contribution in [1.29, 1.82) is 0 Å². The van der Waals surface area contributed by atoms with Gasteiger partial charge in [0.05, 0.1) is 13.2 Å². The van der Waals surface area contributed by atoms with Crippen molar-refractivity contribution in [2.45, 2.75) is 26.4 Å². The van der Waals surface area contributed by atoms with E-state index < -0.39 is 0 Å². The van der Waals surface area contributed by atoms with Gasteiger partial charge in [-0.1, -0.05) is 44.2 Å². The molecule has 0 aliphatic heterocycles. The van der Waals surface area contributed by atoms with Gasteiger partial charge >= 0.3 is 0 Å². The summed E-state index contributed by atoms with van der Waals surface area (Å²) >= 11 is 0. The van der Waals surface area contributed by atoms with Crippen LogP contribution in [-0.4, -0.2) is 43.7 Å². The second-order valence-corrected chi connectivity index (χ2v) is 4.83. The Hall–Kier alpha value is -1.39. The van der Waals surface area contributed by atoms with Crippen LogP contribution in [0, 0.1) is 0 Å². The zero-order valence-corrected chi connectivity index (χ0v) is 12.1. The molecule has 0 bridgehead atoms. The summed E-state index contributed by atoms with van der Waals surface area (Å²) in [5.74, 6) is 0.106. The van der Waals surface area contributed by atoms with Gasteiger partial charge in [-0.3, -0.25) is 4.79 Å². The van der Waals surface area contributed by atoms with Crippen molar-refractivity contribution in [2.75, 3.05) is 26.8 Å². The number of amides is 1. The second kappa shape index (κ2) is 8.67. The van der Waals surface area contributed by atoms with E-state index in [9.17, 15) is 4.79 Å². The molecule has 0 radical (unpaired) electrons. The fourth-order valence-corrected chi connectivity index (χ4v) is 1.70. The lowest BCUT2D eigenvalue weighted by Gasteiger charge is -2.23. The Morgan fingerprint density at radius 1 is 1.32 bits per heavy atom. The van der Waals surface area contributed by atoms with Crippen LogP contribution in [0.3, 0.4) is 0 Å². The number of carbonyl (C=O) groups excluding carboxylic acids is 1. The molecule has 0 saturated carbocycles. The number of hydrogen-bond donors (Lipinski definition) is 1. The molecule has 0 atom stereocenters. The lowest BCUT2D eigenvalue weighted by atomic mass is 10.2. The number of nitrogens with zero attached hydrogens (tertiary/aromatic N) is 1. The van der Waals surface area contributed by atoms with E-state index in [0.717, 1.165) is 5.56 Å². The normalized spacial score (nSPS) is 10.7. The van der Waals surface area contributed by atoms with E-state index in [4.69, 9.17) is 4.74 Å². The van der Waals surface area contributed by atoms with Crippen molar-refractivity contribution >= 4 is 5.91 Å². The summed E-state index contributed by atoms with van der Waals surface area (Å²) in [5, 5.41) is 3.16. The summed E-state index contributed by atoms with van der Waals surface area (Å²) < 4.78 is 5.07. The highest BCUT2D eigenvalue weighted by atomic mass is 16.5.